The summed E-state index contributed by atoms with van der Waals surface area (Å²) in [6, 6.07) is 0.0628. The van der Waals surface area contributed by atoms with Crippen molar-refractivity contribution in [1.29, 1.82) is 0 Å². The summed E-state index contributed by atoms with van der Waals surface area (Å²) in [6.45, 7) is 0. The van der Waals surface area contributed by atoms with E-state index in [1.807, 2.05) is 0 Å². The molecule has 0 aliphatic carbocycles. The Labute approximate surface area is 87.6 Å². The van der Waals surface area contributed by atoms with Gasteiger partial charge in [0.05, 0.1) is 7.11 Å². The first-order valence-corrected chi connectivity index (χ1v) is 6.21. The molecule has 0 heterocycles. The molecule has 0 rings (SSSR count). The van der Waals surface area contributed by atoms with E-state index in [4.69, 9.17) is 13.4 Å². The molecule has 0 atom stereocenters. The summed E-state index contributed by atoms with van der Waals surface area (Å²) in [7, 11) is 0.832. The Kier molecular flexibility index (Phi) is 6.37. The van der Waals surface area contributed by atoms with Crippen LogP contribution in [0.1, 0.15) is 12.8 Å². The summed E-state index contributed by atoms with van der Waals surface area (Å²) in [5.41, 5.74) is 0. The van der Waals surface area contributed by atoms with Gasteiger partial charge in [-0.3, -0.25) is 0 Å². The van der Waals surface area contributed by atoms with Crippen molar-refractivity contribution >= 4 is 8.80 Å². The van der Waals surface area contributed by atoms with Crippen molar-refractivity contribution in [3.05, 3.63) is 0 Å². The van der Waals surface area contributed by atoms with Gasteiger partial charge in [0.15, 0.2) is 0 Å². The summed E-state index contributed by atoms with van der Waals surface area (Å²) >= 11 is 0. The lowest BCUT2D eigenvalue weighted by Gasteiger charge is -2.24. The molecule has 15 heavy (non-hydrogen) atoms. The highest BCUT2D eigenvalue weighted by atomic mass is 28.4. The summed E-state index contributed by atoms with van der Waals surface area (Å²) in [4.78, 5) is 4.40. The summed E-state index contributed by atoms with van der Waals surface area (Å²) in [5.74, 6) is 0. The van der Waals surface area contributed by atoms with Crippen molar-refractivity contribution in [2.45, 2.75) is 25.1 Å². The van der Waals surface area contributed by atoms with Gasteiger partial charge >= 0.3 is 15.0 Å². The van der Waals surface area contributed by atoms with E-state index in [1.165, 1.54) is 21.3 Å². The van der Waals surface area contributed by atoms with Crippen LogP contribution in [-0.4, -0.2) is 36.3 Å². The molecule has 0 saturated carbocycles. The SMILES string of the molecule is COO[Si](CCCC(F)(F)F)(OC)OC. The zero-order valence-corrected chi connectivity index (χ0v) is 9.89. The van der Waals surface area contributed by atoms with Crippen LogP contribution in [0.2, 0.25) is 6.04 Å². The first-order chi connectivity index (χ1) is 6.89. The van der Waals surface area contributed by atoms with E-state index in [9.17, 15) is 13.2 Å². The predicted octanol–water partition coefficient (Wildman–Crippen LogP) is 2.14. The first kappa shape index (κ1) is 14.8. The van der Waals surface area contributed by atoms with Crippen LogP contribution in [0.5, 0.6) is 0 Å². The third-order valence-electron chi connectivity index (χ3n) is 1.78. The number of hydrogen-bond acceptors (Lipinski definition) is 4. The minimum atomic E-state index is -4.17. The molecule has 0 saturated heterocycles. The highest BCUT2D eigenvalue weighted by Crippen LogP contribution is 2.26. The number of alkyl halides is 3. The van der Waals surface area contributed by atoms with Crippen molar-refractivity contribution in [1.82, 2.24) is 0 Å². The smallest absolute Gasteiger partial charge is 0.376 e. The van der Waals surface area contributed by atoms with E-state index in [0.29, 0.717) is 0 Å². The lowest BCUT2D eigenvalue weighted by Crippen LogP contribution is -2.43. The molecule has 0 aromatic carbocycles. The van der Waals surface area contributed by atoms with E-state index >= 15 is 0 Å². The second-order valence-corrected chi connectivity index (χ2v) is 5.66. The molecule has 0 aliphatic heterocycles. The third kappa shape index (κ3) is 6.10. The van der Waals surface area contributed by atoms with Crippen molar-refractivity contribution in [3.63, 3.8) is 0 Å². The molecule has 0 unspecified atom stereocenters. The molecule has 0 spiro atoms. The maximum atomic E-state index is 11.9. The van der Waals surface area contributed by atoms with Crippen LogP contribution in [0.3, 0.4) is 0 Å². The topological polar surface area (TPSA) is 36.9 Å². The van der Waals surface area contributed by atoms with E-state index in [2.05, 4.69) is 4.89 Å². The van der Waals surface area contributed by atoms with Crippen molar-refractivity contribution in [2.75, 3.05) is 21.3 Å². The van der Waals surface area contributed by atoms with Gasteiger partial charge in [0.2, 0.25) is 0 Å². The molecule has 0 radical (unpaired) electrons. The highest BCUT2D eigenvalue weighted by Gasteiger charge is 2.41. The monoisotopic (exact) mass is 248 g/mol. The lowest BCUT2D eigenvalue weighted by molar-refractivity contribution is -0.225. The summed E-state index contributed by atoms with van der Waals surface area (Å²) in [6.07, 6.45) is -5.17. The van der Waals surface area contributed by atoms with Gasteiger partial charge < -0.3 is 8.85 Å². The summed E-state index contributed by atoms with van der Waals surface area (Å²) < 4.78 is 50.3. The maximum absolute atomic E-state index is 11.9. The van der Waals surface area contributed by atoms with E-state index in [-0.39, 0.29) is 12.5 Å². The Morgan fingerprint density at radius 2 is 1.60 bits per heavy atom. The molecule has 92 valence electrons. The first-order valence-electron chi connectivity index (χ1n) is 4.28. The average molecular weight is 248 g/mol. The fraction of sp³-hybridized carbons (Fsp3) is 1.00. The number of halogens is 3. The molecule has 0 aromatic heterocycles. The van der Waals surface area contributed by atoms with Crippen LogP contribution in [0.4, 0.5) is 13.2 Å². The minimum Gasteiger partial charge on any atom is -0.376 e. The Balaban J connectivity index is 4.06. The fourth-order valence-electron chi connectivity index (χ4n) is 1.03. The molecule has 0 fully saturated rings. The Hall–Kier alpha value is -0.153. The normalized spacial score (nSPS) is 13.2. The highest BCUT2D eigenvalue weighted by molar-refractivity contribution is 6.60. The van der Waals surface area contributed by atoms with Crippen LogP contribution in [0.15, 0.2) is 0 Å². The molecular formula is C7H15F3O4Si. The summed E-state index contributed by atoms with van der Waals surface area (Å²) in [5, 5.41) is 0. The van der Waals surface area contributed by atoms with Gasteiger partial charge in [-0.05, 0) is 6.42 Å². The Morgan fingerprint density at radius 3 is 1.93 bits per heavy atom. The standard InChI is InChI=1S/C7H15F3O4Si/c1-11-14-15(12-2,13-3)6-4-5-7(8,9)10/h4-6H2,1-3H3. The van der Waals surface area contributed by atoms with Crippen LogP contribution in [-0.2, 0) is 18.3 Å². The van der Waals surface area contributed by atoms with Crippen molar-refractivity contribution in [2.24, 2.45) is 0 Å². The van der Waals surface area contributed by atoms with Gasteiger partial charge in [-0.15, -0.1) is 0 Å². The van der Waals surface area contributed by atoms with Crippen LogP contribution in [0.25, 0.3) is 0 Å². The molecule has 0 bridgehead atoms. The van der Waals surface area contributed by atoms with Gasteiger partial charge in [0, 0.05) is 26.7 Å². The largest absolute Gasteiger partial charge is 0.529 e. The van der Waals surface area contributed by atoms with Crippen LogP contribution in [0, 0.1) is 0 Å². The van der Waals surface area contributed by atoms with E-state index < -0.39 is 21.4 Å². The molecule has 4 nitrogen and oxygen atoms in total. The Morgan fingerprint density at radius 1 is 1.07 bits per heavy atom. The second kappa shape index (κ2) is 6.43. The van der Waals surface area contributed by atoms with Crippen LogP contribution >= 0.6 is 0 Å². The quantitative estimate of drug-likeness (QED) is 0.393. The fourth-order valence-corrected chi connectivity index (χ4v) is 2.69. The zero-order chi connectivity index (χ0) is 11.9. The van der Waals surface area contributed by atoms with Gasteiger partial charge in [0.25, 0.3) is 0 Å². The molecule has 0 N–H and O–H groups in total. The molecular weight excluding hydrogens is 233 g/mol. The third-order valence-corrected chi connectivity index (χ3v) is 4.41. The van der Waals surface area contributed by atoms with Crippen molar-refractivity contribution in [3.8, 4) is 0 Å². The molecule has 8 heteroatoms. The molecule has 0 aliphatic rings. The van der Waals surface area contributed by atoms with Gasteiger partial charge in [-0.25, -0.2) is 9.46 Å². The predicted molar refractivity (Wildman–Crippen MR) is 48.0 cm³/mol. The molecule has 0 aromatic rings. The van der Waals surface area contributed by atoms with E-state index in [0.717, 1.165) is 0 Å². The lowest BCUT2D eigenvalue weighted by atomic mass is 10.3. The van der Waals surface area contributed by atoms with Gasteiger partial charge in [-0.1, -0.05) is 0 Å². The average Bonchev–Trinajstić information content (AvgIpc) is 2.14. The minimum absolute atomic E-state index is 0.0628. The number of hydrogen-bond donors (Lipinski definition) is 0. The maximum Gasteiger partial charge on any atom is 0.529 e. The van der Waals surface area contributed by atoms with E-state index in [1.54, 1.807) is 0 Å². The van der Waals surface area contributed by atoms with Crippen molar-refractivity contribution < 1.29 is 31.5 Å². The Bertz CT molecular complexity index is 172. The van der Waals surface area contributed by atoms with Gasteiger partial charge in [-0.2, -0.15) is 13.2 Å². The second-order valence-electron chi connectivity index (χ2n) is 2.81. The van der Waals surface area contributed by atoms with Gasteiger partial charge in [0.1, 0.15) is 0 Å². The van der Waals surface area contributed by atoms with Crippen LogP contribution < -0.4 is 0 Å². The molecule has 0 amide bonds. The number of rotatable bonds is 7. The zero-order valence-electron chi connectivity index (χ0n) is 8.89.